The van der Waals surface area contributed by atoms with Crippen molar-refractivity contribution in [2.45, 2.75) is 33.6 Å². The molecule has 0 bridgehead atoms. The lowest BCUT2D eigenvalue weighted by atomic mass is 9.97. The van der Waals surface area contributed by atoms with E-state index in [0.717, 1.165) is 47.5 Å². The van der Waals surface area contributed by atoms with Crippen molar-refractivity contribution < 1.29 is 14.7 Å². The van der Waals surface area contributed by atoms with Gasteiger partial charge in [-0.3, -0.25) is 4.79 Å². The van der Waals surface area contributed by atoms with E-state index in [1.165, 1.54) is 16.1 Å². The minimum Gasteiger partial charge on any atom is -0.476 e. The van der Waals surface area contributed by atoms with Crippen LogP contribution < -0.4 is 9.91 Å². The van der Waals surface area contributed by atoms with E-state index < -0.39 is 11.9 Å². The third-order valence-electron chi connectivity index (χ3n) is 6.41. The number of rotatable bonds is 4. The predicted octanol–water partition coefficient (Wildman–Crippen LogP) is 5.57. The summed E-state index contributed by atoms with van der Waals surface area (Å²) in [5.41, 5.74) is 7.84. The molecule has 0 radical (unpaired) electrons. The maximum Gasteiger partial charge on any atom is 0.357 e. The second-order valence-corrected chi connectivity index (χ2v) is 9.25. The van der Waals surface area contributed by atoms with E-state index in [1.807, 2.05) is 38.1 Å². The summed E-state index contributed by atoms with van der Waals surface area (Å²) >= 11 is 0. The van der Waals surface area contributed by atoms with Gasteiger partial charge in [0.2, 0.25) is 0 Å². The second-order valence-electron chi connectivity index (χ2n) is 9.25. The van der Waals surface area contributed by atoms with Crippen LogP contribution in [0.3, 0.4) is 0 Å². The molecule has 1 N–H and O–H groups in total. The van der Waals surface area contributed by atoms with Crippen LogP contribution in [0.25, 0.3) is 6.08 Å². The van der Waals surface area contributed by atoms with Crippen LogP contribution in [0.4, 0.5) is 17.1 Å². The van der Waals surface area contributed by atoms with E-state index in [2.05, 4.69) is 53.3 Å². The van der Waals surface area contributed by atoms with Gasteiger partial charge in [0.15, 0.2) is 5.71 Å². The molecule has 1 amide bonds. The van der Waals surface area contributed by atoms with E-state index in [0.29, 0.717) is 5.69 Å². The summed E-state index contributed by atoms with van der Waals surface area (Å²) < 4.78 is 0. The fraction of sp³-hybridized carbons (Fsp3) is 0.207. The number of aliphatic carboxylic acids is 1. The zero-order chi connectivity index (χ0) is 24.7. The Morgan fingerprint density at radius 2 is 1.63 bits per heavy atom. The van der Waals surface area contributed by atoms with E-state index in [-0.39, 0.29) is 11.3 Å². The molecule has 6 nitrogen and oxygen atoms in total. The lowest BCUT2D eigenvalue weighted by Gasteiger charge is -2.31. The quantitative estimate of drug-likeness (QED) is 0.512. The summed E-state index contributed by atoms with van der Waals surface area (Å²) in [6.07, 6.45) is 3.59. The maximum atomic E-state index is 13.3. The van der Waals surface area contributed by atoms with Gasteiger partial charge in [0.05, 0.1) is 11.3 Å². The molecule has 0 unspecified atom stereocenters. The minimum absolute atomic E-state index is 0.0859. The average molecular weight is 466 g/mol. The third-order valence-corrected chi connectivity index (χ3v) is 6.41. The Labute approximate surface area is 204 Å². The molecule has 0 aromatic heterocycles. The fourth-order valence-corrected chi connectivity index (χ4v) is 4.82. The highest BCUT2D eigenvalue weighted by Crippen LogP contribution is 2.35. The molecule has 0 saturated heterocycles. The molecule has 3 aromatic rings. The molecular formula is C29H27N3O3. The molecule has 2 aliphatic rings. The largest absolute Gasteiger partial charge is 0.476 e. The van der Waals surface area contributed by atoms with Crippen molar-refractivity contribution in [1.82, 2.24) is 0 Å². The number of fused-ring (bicyclic) bond motifs is 1. The van der Waals surface area contributed by atoms with Gasteiger partial charge in [-0.15, -0.1) is 0 Å². The van der Waals surface area contributed by atoms with Crippen LogP contribution in [0.5, 0.6) is 0 Å². The molecule has 2 aliphatic heterocycles. The molecule has 35 heavy (non-hydrogen) atoms. The number of carboxylic acid groups (broad SMARTS) is 1. The number of amides is 1. The number of anilines is 3. The van der Waals surface area contributed by atoms with Gasteiger partial charge < -0.3 is 10.0 Å². The number of nitrogens with zero attached hydrogens (tertiary/aromatic N) is 3. The highest BCUT2D eigenvalue weighted by atomic mass is 16.4. The van der Waals surface area contributed by atoms with Crippen LogP contribution in [-0.4, -0.2) is 29.2 Å². The number of carbonyl (C=O) groups excluding carboxylic acids is 1. The third kappa shape index (κ3) is 4.35. The number of carbonyl (C=O) groups is 2. The molecule has 0 aliphatic carbocycles. The average Bonchev–Trinajstić information content (AvgIpc) is 3.15. The number of carboxylic acids is 1. The van der Waals surface area contributed by atoms with Crippen molar-refractivity contribution in [3.05, 3.63) is 94.1 Å². The fourth-order valence-electron chi connectivity index (χ4n) is 4.82. The Bertz CT molecular complexity index is 1380. The molecule has 176 valence electrons. The zero-order valence-electron chi connectivity index (χ0n) is 20.1. The van der Waals surface area contributed by atoms with Crippen LogP contribution in [-0.2, 0) is 16.0 Å². The van der Waals surface area contributed by atoms with E-state index >= 15 is 0 Å². The van der Waals surface area contributed by atoms with Crippen molar-refractivity contribution in [2.75, 3.05) is 16.5 Å². The van der Waals surface area contributed by atoms with Crippen LogP contribution in [0.1, 0.15) is 34.2 Å². The smallest absolute Gasteiger partial charge is 0.357 e. The zero-order valence-corrected chi connectivity index (χ0v) is 20.1. The number of hydrogen-bond acceptors (Lipinski definition) is 4. The molecule has 6 heteroatoms. The Morgan fingerprint density at radius 1 is 0.914 bits per heavy atom. The summed E-state index contributed by atoms with van der Waals surface area (Å²) in [5, 5.41) is 15.1. The Hall–Kier alpha value is -4.19. The summed E-state index contributed by atoms with van der Waals surface area (Å²) in [7, 11) is 0. The second kappa shape index (κ2) is 8.87. The van der Waals surface area contributed by atoms with Crippen molar-refractivity contribution in [3.8, 4) is 0 Å². The molecule has 2 heterocycles. The van der Waals surface area contributed by atoms with Crippen LogP contribution >= 0.6 is 0 Å². The summed E-state index contributed by atoms with van der Waals surface area (Å²) in [4.78, 5) is 27.5. The number of hydrogen-bond donors (Lipinski definition) is 1. The first kappa shape index (κ1) is 22.6. The number of aryl methyl sites for hydroxylation is 4. The highest BCUT2D eigenvalue weighted by molar-refractivity contribution is 6.53. The van der Waals surface area contributed by atoms with Gasteiger partial charge in [-0.2, -0.15) is 10.1 Å². The van der Waals surface area contributed by atoms with Crippen LogP contribution in [0, 0.1) is 20.8 Å². The first-order chi connectivity index (χ1) is 16.8. The molecule has 0 atom stereocenters. The number of benzene rings is 3. The van der Waals surface area contributed by atoms with Gasteiger partial charge in [0.25, 0.3) is 5.91 Å². The molecule has 3 aromatic carbocycles. The number of hydrazone groups is 1. The van der Waals surface area contributed by atoms with E-state index in [1.54, 1.807) is 6.08 Å². The summed E-state index contributed by atoms with van der Waals surface area (Å²) in [6.45, 7) is 6.88. The molecule has 0 spiro atoms. The monoisotopic (exact) mass is 465 g/mol. The molecule has 5 rings (SSSR count). The Balaban J connectivity index is 1.50. The standard InChI is InChI=1S/C29H27N3O3/c1-18-6-9-23(10-7-18)31-12-4-5-22-16-21(8-11-26(22)31)17-25-27(29(34)35)30-32(28(25)33)24-14-19(2)13-20(3)15-24/h6-11,13-17H,4-5,12H2,1-3H3,(H,34,35)/b25-17-. The highest BCUT2D eigenvalue weighted by Gasteiger charge is 2.35. The van der Waals surface area contributed by atoms with Gasteiger partial charge in [-0.25, -0.2) is 4.79 Å². The van der Waals surface area contributed by atoms with Gasteiger partial charge in [-0.1, -0.05) is 29.8 Å². The minimum atomic E-state index is -1.22. The predicted molar refractivity (Wildman–Crippen MR) is 139 cm³/mol. The lowest BCUT2D eigenvalue weighted by Crippen LogP contribution is -2.24. The first-order valence-corrected chi connectivity index (χ1v) is 11.7. The Kier molecular flexibility index (Phi) is 5.73. The van der Waals surface area contributed by atoms with Gasteiger partial charge in [-0.05, 0) is 98.3 Å². The summed E-state index contributed by atoms with van der Waals surface area (Å²) in [5.74, 6) is -1.66. The van der Waals surface area contributed by atoms with Crippen LogP contribution in [0.15, 0.2) is 71.3 Å². The normalized spacial score (nSPS) is 16.5. The van der Waals surface area contributed by atoms with Crippen molar-refractivity contribution in [1.29, 1.82) is 0 Å². The summed E-state index contributed by atoms with van der Waals surface area (Å²) in [6, 6.07) is 20.2. The van der Waals surface area contributed by atoms with Crippen LogP contribution in [0.2, 0.25) is 0 Å². The molecule has 0 saturated carbocycles. The SMILES string of the molecule is Cc1ccc(N2CCCc3cc(/C=C4\C(=O)N(c5cc(C)cc(C)c5)N=C4C(=O)O)ccc32)cc1. The molecular weight excluding hydrogens is 438 g/mol. The van der Waals surface area contributed by atoms with E-state index in [4.69, 9.17) is 0 Å². The van der Waals surface area contributed by atoms with Crippen molar-refractivity contribution in [2.24, 2.45) is 5.10 Å². The van der Waals surface area contributed by atoms with Gasteiger partial charge in [0.1, 0.15) is 0 Å². The maximum absolute atomic E-state index is 13.3. The first-order valence-electron chi connectivity index (χ1n) is 11.7. The lowest BCUT2D eigenvalue weighted by molar-refractivity contribution is -0.129. The van der Waals surface area contributed by atoms with Gasteiger partial charge >= 0.3 is 5.97 Å². The van der Waals surface area contributed by atoms with Crippen molar-refractivity contribution in [3.63, 3.8) is 0 Å². The molecule has 0 fully saturated rings. The Morgan fingerprint density at radius 3 is 2.31 bits per heavy atom. The van der Waals surface area contributed by atoms with Crippen molar-refractivity contribution >= 4 is 40.7 Å². The topological polar surface area (TPSA) is 73.2 Å². The van der Waals surface area contributed by atoms with Gasteiger partial charge in [0, 0.05) is 17.9 Å². The van der Waals surface area contributed by atoms with E-state index in [9.17, 15) is 14.7 Å².